The molecule has 3 aliphatic rings. The highest BCUT2D eigenvalue weighted by Crippen LogP contribution is 2.36. The molecule has 62 heavy (non-hydrogen) atoms. The Labute approximate surface area is 376 Å². The minimum Gasteiger partial charge on any atom is -0.493 e. The Balaban J connectivity index is 1.69. The van der Waals surface area contributed by atoms with Gasteiger partial charge >= 0.3 is 5.97 Å². The number of nitrogens with zero attached hydrogens (tertiary/aromatic N) is 1. The van der Waals surface area contributed by atoms with Gasteiger partial charge in [-0.05, 0) is 84.3 Å². The van der Waals surface area contributed by atoms with E-state index in [1.54, 1.807) is 64.0 Å². The molecule has 4 N–H and O–H groups in total. The van der Waals surface area contributed by atoms with Crippen molar-refractivity contribution in [2.24, 2.45) is 23.7 Å². The number of ether oxygens (including phenoxy) is 8. The molecule has 0 aliphatic carbocycles. The van der Waals surface area contributed by atoms with Crippen LogP contribution >= 0.6 is 23.2 Å². The zero-order valence-corrected chi connectivity index (χ0v) is 39.1. The first-order valence-electron chi connectivity index (χ1n) is 21.5. The lowest BCUT2D eigenvalue weighted by Crippen LogP contribution is -2.63. The van der Waals surface area contributed by atoms with Gasteiger partial charge in [-0.2, -0.15) is 0 Å². The van der Waals surface area contributed by atoms with Gasteiger partial charge in [0.2, 0.25) is 0 Å². The average molecular weight is 919 g/mol. The highest BCUT2D eigenvalue weighted by Gasteiger charge is 2.48. The van der Waals surface area contributed by atoms with Gasteiger partial charge < -0.3 is 63.2 Å². The summed E-state index contributed by atoms with van der Waals surface area (Å²) in [7, 11) is 6.42. The number of rotatable bonds is 13. The SMILES string of the molecule is CC[C@H]1OC(=O)C[C@@H](O)[C@H](C)[C@@H](O[C@@H]2O[C@H](C)[C@@H](O)[C@H](N(C)C)[C@H]2O)[C@@H](CCOc2cc(Cl)cc(Cl)c2)C[C@@H](C)C(=O)/C=C/C(C)=C/[C@@H]1CO[C@@H]1O[C@H](C)[C@@H](O)[C@@H](OC)[C@H]1OC. The molecule has 17 atom stereocenters. The molecule has 2 saturated heterocycles. The largest absolute Gasteiger partial charge is 0.493 e. The van der Waals surface area contributed by atoms with E-state index in [9.17, 15) is 30.0 Å². The fraction of sp³-hybridized carbons (Fsp3) is 0.733. The van der Waals surface area contributed by atoms with Crippen LogP contribution in [0.1, 0.15) is 67.2 Å². The number of cyclic esters (lactones) is 1. The number of hydrogen-bond donors (Lipinski definition) is 4. The molecule has 0 aromatic heterocycles. The number of esters is 1. The lowest BCUT2D eigenvalue weighted by molar-refractivity contribution is -0.304. The van der Waals surface area contributed by atoms with Crippen LogP contribution < -0.4 is 4.74 Å². The third-order valence-corrected chi connectivity index (χ3v) is 12.7. The van der Waals surface area contributed by atoms with Crippen molar-refractivity contribution in [2.45, 2.75) is 147 Å². The van der Waals surface area contributed by atoms with Gasteiger partial charge in [0.15, 0.2) is 18.4 Å². The second-order valence-electron chi connectivity index (χ2n) is 17.2. The summed E-state index contributed by atoms with van der Waals surface area (Å²) in [5, 5.41) is 45.9. The fourth-order valence-electron chi connectivity index (χ4n) is 8.63. The van der Waals surface area contributed by atoms with Gasteiger partial charge in [0, 0.05) is 42.0 Å². The Bertz CT molecular complexity index is 1630. The minimum absolute atomic E-state index is 0.00980. The second kappa shape index (κ2) is 24.3. The first-order chi connectivity index (χ1) is 29.3. The van der Waals surface area contributed by atoms with Crippen LogP contribution in [0.25, 0.3) is 0 Å². The molecular weight excluding hydrogens is 849 g/mol. The summed E-state index contributed by atoms with van der Waals surface area (Å²) in [5.74, 6) is -2.74. The lowest BCUT2D eigenvalue weighted by atomic mass is 9.79. The third kappa shape index (κ3) is 13.9. The van der Waals surface area contributed by atoms with E-state index in [2.05, 4.69) is 0 Å². The molecule has 0 amide bonds. The molecule has 17 heteroatoms. The Kier molecular flexibility index (Phi) is 20.6. The number of hydrogen-bond acceptors (Lipinski definition) is 15. The molecule has 1 aromatic carbocycles. The van der Waals surface area contributed by atoms with Crippen molar-refractivity contribution < 1.29 is 67.9 Å². The maximum absolute atomic E-state index is 13.9. The monoisotopic (exact) mass is 917 g/mol. The van der Waals surface area contributed by atoms with Gasteiger partial charge in [0.05, 0.1) is 56.2 Å². The van der Waals surface area contributed by atoms with Gasteiger partial charge in [-0.1, -0.05) is 61.7 Å². The first-order valence-corrected chi connectivity index (χ1v) is 22.3. The van der Waals surface area contributed by atoms with Gasteiger partial charge in [-0.3, -0.25) is 9.59 Å². The molecule has 0 saturated carbocycles. The molecular formula is C45H69Cl2NO14. The van der Waals surface area contributed by atoms with Crippen LogP contribution in [-0.4, -0.2) is 158 Å². The summed E-state index contributed by atoms with van der Waals surface area (Å²) in [6, 6.07) is 4.11. The van der Waals surface area contributed by atoms with Crippen molar-refractivity contribution in [1.82, 2.24) is 4.90 Å². The fourth-order valence-corrected chi connectivity index (χ4v) is 9.13. The summed E-state index contributed by atoms with van der Waals surface area (Å²) >= 11 is 12.5. The number of carbonyl (C=O) groups excluding carboxylic acids is 2. The van der Waals surface area contributed by atoms with Crippen LogP contribution in [0.15, 0.2) is 42.0 Å². The Morgan fingerprint density at radius 3 is 2.08 bits per heavy atom. The van der Waals surface area contributed by atoms with E-state index >= 15 is 0 Å². The molecule has 0 spiro atoms. The number of aliphatic hydroxyl groups excluding tert-OH is 4. The normalized spacial score (nSPS) is 39.5. The van der Waals surface area contributed by atoms with E-state index in [0.717, 1.165) is 0 Å². The van der Waals surface area contributed by atoms with E-state index in [0.29, 0.717) is 34.2 Å². The van der Waals surface area contributed by atoms with Crippen LogP contribution in [-0.2, 0) is 42.7 Å². The lowest BCUT2D eigenvalue weighted by Gasteiger charge is -2.46. The zero-order valence-electron chi connectivity index (χ0n) is 37.6. The van der Waals surface area contributed by atoms with Crippen LogP contribution in [0.5, 0.6) is 5.75 Å². The van der Waals surface area contributed by atoms with Crippen molar-refractivity contribution in [3.05, 3.63) is 52.0 Å². The van der Waals surface area contributed by atoms with E-state index < -0.39 is 116 Å². The summed E-state index contributed by atoms with van der Waals surface area (Å²) < 4.78 is 48.4. The van der Waals surface area contributed by atoms with Gasteiger partial charge in [-0.25, -0.2) is 0 Å². The average Bonchev–Trinajstić information content (AvgIpc) is 3.20. The maximum atomic E-state index is 13.9. The topological polar surface area (TPSA) is 192 Å². The van der Waals surface area contributed by atoms with Gasteiger partial charge in [0.25, 0.3) is 0 Å². The predicted octanol–water partition coefficient (Wildman–Crippen LogP) is 4.75. The molecule has 0 radical (unpaired) electrons. The van der Waals surface area contributed by atoms with E-state index in [4.69, 9.17) is 61.1 Å². The third-order valence-electron chi connectivity index (χ3n) is 12.3. The molecule has 2 fully saturated rings. The molecule has 0 bridgehead atoms. The minimum atomic E-state index is -1.31. The standard InChI is InChI=1S/C45H69Cl2NO14/c1-11-35-29(22-58-45-43(56-10)42(55-9)39(53)27(6)60-45)16-23(2)12-13-33(49)24(3)17-28(14-15-57-32-19-30(46)18-31(47)20-32)41(25(4)34(50)21-36(51)61-35)62-44-40(54)37(48(7)8)38(52)26(5)59-44/h12-13,16,18-20,24-29,34-35,37-45,50,52-54H,11,14-15,17,21-22H2,1-10H3/b13-12+,23-16+/t24-,25+,26-,27-,28+,29-,34-,35-,37+,38-,39-,40-,41-,42-,43-,44+,45-/m1/s1. The van der Waals surface area contributed by atoms with Crippen LogP contribution in [0.2, 0.25) is 10.0 Å². The summed E-state index contributed by atoms with van der Waals surface area (Å²) in [5.41, 5.74) is 0.711. The maximum Gasteiger partial charge on any atom is 0.308 e. The molecule has 352 valence electrons. The molecule has 0 unspecified atom stereocenters. The molecule has 3 aliphatic heterocycles. The smallest absolute Gasteiger partial charge is 0.308 e. The number of benzene rings is 1. The number of carbonyl (C=O) groups is 2. The summed E-state index contributed by atoms with van der Waals surface area (Å²) in [6.45, 7) is 10.8. The van der Waals surface area contributed by atoms with Gasteiger partial charge in [-0.15, -0.1) is 0 Å². The molecule has 15 nitrogen and oxygen atoms in total. The summed E-state index contributed by atoms with van der Waals surface area (Å²) in [4.78, 5) is 29.4. The van der Waals surface area contributed by atoms with Crippen molar-refractivity contribution in [3.8, 4) is 5.75 Å². The predicted molar refractivity (Wildman–Crippen MR) is 232 cm³/mol. The Morgan fingerprint density at radius 1 is 0.839 bits per heavy atom. The highest BCUT2D eigenvalue weighted by atomic mass is 35.5. The molecule has 1 aromatic rings. The zero-order chi connectivity index (χ0) is 46.0. The molecule has 3 heterocycles. The Morgan fingerprint density at radius 2 is 1.47 bits per heavy atom. The number of likely N-dealkylation sites (N-methyl/N-ethyl adjacent to an activating group) is 1. The van der Waals surface area contributed by atoms with Gasteiger partial charge in [0.1, 0.15) is 36.3 Å². The van der Waals surface area contributed by atoms with Crippen LogP contribution in [0.3, 0.4) is 0 Å². The van der Waals surface area contributed by atoms with E-state index in [1.807, 2.05) is 26.8 Å². The van der Waals surface area contributed by atoms with Crippen LogP contribution in [0.4, 0.5) is 0 Å². The number of methoxy groups -OCH3 is 2. The Hall–Kier alpha value is -2.22. The second-order valence-corrected chi connectivity index (χ2v) is 18.1. The van der Waals surface area contributed by atoms with Crippen molar-refractivity contribution in [3.63, 3.8) is 0 Å². The number of allylic oxidation sites excluding steroid dienone is 3. The molecule has 4 rings (SSSR count). The quantitative estimate of drug-likeness (QED) is 0.198. The van der Waals surface area contributed by atoms with E-state index in [-0.39, 0.29) is 25.4 Å². The van der Waals surface area contributed by atoms with Crippen molar-refractivity contribution in [2.75, 3.05) is 41.5 Å². The van der Waals surface area contributed by atoms with Crippen LogP contribution in [0, 0.1) is 23.7 Å². The van der Waals surface area contributed by atoms with Crippen molar-refractivity contribution >= 4 is 35.0 Å². The first kappa shape index (κ1) is 52.4. The number of ketones is 1. The highest BCUT2D eigenvalue weighted by molar-refractivity contribution is 6.34. The summed E-state index contributed by atoms with van der Waals surface area (Å²) in [6.07, 6.45) is -5.56. The van der Waals surface area contributed by atoms with Crippen molar-refractivity contribution in [1.29, 1.82) is 0 Å². The number of halogens is 2. The van der Waals surface area contributed by atoms with E-state index in [1.165, 1.54) is 20.3 Å². The number of aliphatic hydroxyl groups is 4.